The molecule has 166 valence electrons. The van der Waals surface area contributed by atoms with Crippen molar-refractivity contribution >= 4 is 18.1 Å². The van der Waals surface area contributed by atoms with Gasteiger partial charge in [0.2, 0.25) is 5.91 Å². The van der Waals surface area contributed by atoms with E-state index in [1.54, 1.807) is 18.3 Å². The summed E-state index contributed by atoms with van der Waals surface area (Å²) in [5, 5.41) is 16.1. The Hall–Kier alpha value is -3.51. The number of carbonyl (C=O) groups excluding carboxylic acids is 1. The minimum atomic E-state index is -0.306. The molecule has 2 unspecified atom stereocenters. The fourth-order valence-corrected chi connectivity index (χ4v) is 4.63. The van der Waals surface area contributed by atoms with Crippen molar-refractivity contribution in [3.05, 3.63) is 53.3 Å². The molecule has 2 aliphatic heterocycles. The second-order valence-corrected chi connectivity index (χ2v) is 8.36. The number of likely N-dealkylation sites (tertiary alicyclic amines) is 1. The number of H-pyrrole nitrogens is 1. The lowest BCUT2D eigenvalue weighted by atomic mass is 10.0. The van der Waals surface area contributed by atoms with Gasteiger partial charge in [-0.2, -0.15) is 5.26 Å². The standard InChI is InChI=1S/C23H27N7O2/c1-15-8-18-11-29(12-20(15)30(18)22-7-6-17(9-24)10-26-22)23(31)13-32-16(2)19-4-3-5-21(28-19)27-14-25/h3-7,10,14-16,18,20H,8,11-13H2,1-2H3,(H2,25,27,28)/t15-,16-,18?,20?/m0/s1. The van der Waals surface area contributed by atoms with Gasteiger partial charge in [0.15, 0.2) is 0 Å². The largest absolute Gasteiger partial charge is 0.362 e. The van der Waals surface area contributed by atoms with Crippen LogP contribution in [-0.4, -0.2) is 58.9 Å². The van der Waals surface area contributed by atoms with Crippen molar-refractivity contribution in [2.75, 3.05) is 24.6 Å². The van der Waals surface area contributed by atoms with Gasteiger partial charge in [-0.25, -0.2) is 9.98 Å². The molecule has 9 nitrogen and oxygen atoms in total. The van der Waals surface area contributed by atoms with Gasteiger partial charge in [0, 0.05) is 31.0 Å². The predicted molar refractivity (Wildman–Crippen MR) is 119 cm³/mol. The molecule has 0 spiro atoms. The molecule has 0 saturated carbocycles. The van der Waals surface area contributed by atoms with E-state index in [1.165, 1.54) is 0 Å². The van der Waals surface area contributed by atoms with Gasteiger partial charge in [0.1, 0.15) is 30.3 Å². The van der Waals surface area contributed by atoms with Crippen molar-refractivity contribution in [1.82, 2.24) is 14.9 Å². The van der Waals surface area contributed by atoms with Crippen molar-refractivity contribution in [2.24, 2.45) is 10.9 Å². The number of piperazine rings is 1. The quantitative estimate of drug-likeness (QED) is 0.533. The van der Waals surface area contributed by atoms with E-state index in [-0.39, 0.29) is 30.7 Å². The van der Waals surface area contributed by atoms with Crippen LogP contribution in [0, 0.1) is 22.7 Å². The Labute approximate surface area is 186 Å². The number of nitriles is 1. The van der Waals surface area contributed by atoms with Gasteiger partial charge in [0.05, 0.1) is 17.7 Å². The summed E-state index contributed by atoms with van der Waals surface area (Å²) in [6.45, 7) is 5.38. The van der Waals surface area contributed by atoms with Crippen LogP contribution >= 0.6 is 0 Å². The topological polar surface area (TPSA) is 121 Å². The monoisotopic (exact) mass is 433 g/mol. The lowest BCUT2D eigenvalue weighted by Crippen LogP contribution is -2.57. The number of pyridine rings is 2. The maximum absolute atomic E-state index is 12.9. The summed E-state index contributed by atoms with van der Waals surface area (Å²) in [5.74, 6) is 1.30. The Morgan fingerprint density at radius 3 is 2.97 bits per heavy atom. The third-order valence-corrected chi connectivity index (χ3v) is 6.28. The molecular formula is C23H27N7O2. The molecule has 2 bridgehead atoms. The first-order chi connectivity index (χ1) is 15.5. The summed E-state index contributed by atoms with van der Waals surface area (Å²) in [6, 6.07) is 11.7. The molecule has 2 aliphatic rings. The van der Waals surface area contributed by atoms with Crippen LogP contribution in [0.15, 0.2) is 41.5 Å². The van der Waals surface area contributed by atoms with Crippen LogP contribution in [0.3, 0.4) is 0 Å². The van der Waals surface area contributed by atoms with Gasteiger partial charge in [-0.3, -0.25) is 10.2 Å². The van der Waals surface area contributed by atoms with Gasteiger partial charge in [-0.15, -0.1) is 0 Å². The van der Waals surface area contributed by atoms with Gasteiger partial charge in [-0.05, 0) is 43.5 Å². The van der Waals surface area contributed by atoms with Crippen LogP contribution in [0.25, 0.3) is 0 Å². The Kier molecular flexibility index (Phi) is 6.32. The highest BCUT2D eigenvalue weighted by Gasteiger charge is 2.45. The van der Waals surface area contributed by atoms with E-state index < -0.39 is 0 Å². The Morgan fingerprint density at radius 2 is 2.28 bits per heavy atom. The van der Waals surface area contributed by atoms with Gasteiger partial charge >= 0.3 is 0 Å². The average Bonchev–Trinajstić information content (AvgIpc) is 3.01. The van der Waals surface area contributed by atoms with Crippen LogP contribution in [0.1, 0.15) is 37.6 Å². The molecule has 4 atom stereocenters. The SMILES string of the molecule is C[C@H](OCC(=O)N1CC2C[C@H](C)C(C1)N2c1ccc(C#N)cn1)c1ccc/c(=N/C=N)[nH]1. The number of nitrogens with one attached hydrogen (secondary N) is 2. The van der Waals surface area contributed by atoms with Crippen molar-refractivity contribution in [3.8, 4) is 6.07 Å². The number of ether oxygens (including phenoxy) is 1. The third kappa shape index (κ3) is 4.41. The van der Waals surface area contributed by atoms with E-state index in [1.807, 2.05) is 30.0 Å². The molecule has 2 fully saturated rings. The number of rotatable bonds is 6. The van der Waals surface area contributed by atoms with Crippen molar-refractivity contribution < 1.29 is 9.53 Å². The highest BCUT2D eigenvalue weighted by Crippen LogP contribution is 2.37. The molecule has 2 saturated heterocycles. The van der Waals surface area contributed by atoms with E-state index in [0.717, 1.165) is 24.3 Å². The van der Waals surface area contributed by atoms with E-state index in [9.17, 15) is 4.79 Å². The predicted octanol–water partition coefficient (Wildman–Crippen LogP) is 1.99. The summed E-state index contributed by atoms with van der Waals surface area (Å²) in [6.07, 6.45) is 3.28. The number of nitrogens with zero attached hydrogens (tertiary/aromatic N) is 5. The van der Waals surface area contributed by atoms with E-state index in [0.29, 0.717) is 30.1 Å². The molecule has 1 amide bonds. The zero-order valence-corrected chi connectivity index (χ0v) is 18.2. The first-order valence-electron chi connectivity index (χ1n) is 10.8. The lowest BCUT2D eigenvalue weighted by Gasteiger charge is -2.42. The summed E-state index contributed by atoms with van der Waals surface area (Å²) in [4.78, 5) is 28.6. The van der Waals surface area contributed by atoms with Gasteiger partial charge in [-0.1, -0.05) is 13.0 Å². The molecule has 0 radical (unpaired) electrons. The third-order valence-electron chi connectivity index (χ3n) is 6.28. The zero-order valence-electron chi connectivity index (χ0n) is 18.2. The highest BCUT2D eigenvalue weighted by atomic mass is 16.5. The molecule has 0 aromatic carbocycles. The number of hydrogen-bond donors (Lipinski definition) is 2. The van der Waals surface area contributed by atoms with E-state index in [4.69, 9.17) is 15.4 Å². The number of aromatic amines is 1. The van der Waals surface area contributed by atoms with Crippen molar-refractivity contribution in [2.45, 2.75) is 38.5 Å². The van der Waals surface area contributed by atoms with E-state index >= 15 is 0 Å². The normalized spacial score (nSPS) is 23.7. The Morgan fingerprint density at radius 1 is 1.44 bits per heavy atom. The minimum Gasteiger partial charge on any atom is -0.362 e. The Bertz CT molecular complexity index is 1090. The molecule has 2 N–H and O–H groups in total. The smallest absolute Gasteiger partial charge is 0.248 e. The zero-order chi connectivity index (χ0) is 22.7. The summed E-state index contributed by atoms with van der Waals surface area (Å²) in [7, 11) is 0. The molecule has 9 heteroatoms. The molecule has 2 aromatic rings. The van der Waals surface area contributed by atoms with Crippen molar-refractivity contribution in [1.29, 1.82) is 10.7 Å². The summed E-state index contributed by atoms with van der Waals surface area (Å²) >= 11 is 0. The minimum absolute atomic E-state index is 0.00385. The fourth-order valence-electron chi connectivity index (χ4n) is 4.63. The first-order valence-corrected chi connectivity index (χ1v) is 10.8. The van der Waals surface area contributed by atoms with Crippen LogP contribution < -0.4 is 10.4 Å². The fraction of sp³-hybridized carbons (Fsp3) is 0.435. The van der Waals surface area contributed by atoms with Crippen LogP contribution in [0.4, 0.5) is 5.82 Å². The maximum atomic E-state index is 12.9. The van der Waals surface area contributed by atoms with Crippen LogP contribution in [0.5, 0.6) is 0 Å². The molecule has 4 heterocycles. The van der Waals surface area contributed by atoms with E-state index in [2.05, 4.69) is 32.9 Å². The number of fused-ring (bicyclic) bond motifs is 2. The molecule has 32 heavy (non-hydrogen) atoms. The molecule has 0 aliphatic carbocycles. The number of anilines is 1. The second kappa shape index (κ2) is 9.32. The van der Waals surface area contributed by atoms with Crippen LogP contribution in [0.2, 0.25) is 0 Å². The highest BCUT2D eigenvalue weighted by molar-refractivity contribution is 5.78. The Balaban J connectivity index is 1.39. The maximum Gasteiger partial charge on any atom is 0.248 e. The lowest BCUT2D eigenvalue weighted by molar-refractivity contribution is -0.139. The first kappa shape index (κ1) is 21.7. The summed E-state index contributed by atoms with van der Waals surface area (Å²) in [5.41, 5.74) is 1.91. The van der Waals surface area contributed by atoms with Gasteiger partial charge < -0.3 is 19.5 Å². The van der Waals surface area contributed by atoms with Crippen LogP contribution in [-0.2, 0) is 9.53 Å². The number of amides is 1. The molecular weight excluding hydrogens is 406 g/mol. The molecule has 2 aromatic heterocycles. The van der Waals surface area contributed by atoms with Gasteiger partial charge in [0.25, 0.3) is 0 Å². The summed E-state index contributed by atoms with van der Waals surface area (Å²) < 4.78 is 5.85. The number of hydrogen-bond acceptors (Lipinski definition) is 6. The average molecular weight is 434 g/mol. The van der Waals surface area contributed by atoms with Crippen molar-refractivity contribution in [3.63, 3.8) is 0 Å². The number of carbonyl (C=O) groups is 1. The second-order valence-electron chi connectivity index (χ2n) is 8.36. The molecule has 4 rings (SSSR count). The number of aromatic nitrogens is 2.